The number of rotatable bonds is 4. The number of hydrogen-bond acceptors (Lipinski definition) is 3. The van der Waals surface area contributed by atoms with Gasteiger partial charge in [-0.05, 0) is 42.8 Å². The number of halogens is 2. The maximum atomic E-state index is 12.3. The van der Waals surface area contributed by atoms with Crippen LogP contribution in [0.1, 0.15) is 21.7 Å². The number of amides is 1. The van der Waals surface area contributed by atoms with Gasteiger partial charge in [0, 0.05) is 16.6 Å². The van der Waals surface area contributed by atoms with E-state index in [9.17, 15) is 4.79 Å². The number of benzene rings is 2. The van der Waals surface area contributed by atoms with Gasteiger partial charge < -0.3 is 5.32 Å². The first-order chi connectivity index (χ1) is 11.5. The Hall–Kier alpha value is -2.37. The topological polar surface area (TPSA) is 59.8 Å². The van der Waals surface area contributed by atoms with E-state index in [1.54, 1.807) is 37.3 Å². The molecular weight excluding hydrogens is 347 g/mol. The van der Waals surface area contributed by atoms with Crippen molar-refractivity contribution in [1.29, 1.82) is 0 Å². The standard InChI is InChI=1S/C17H14Cl2N4O/c1-11-16(17(24)20-10-12-5-7-13(18)8-6-12)22-23(21-11)15-4-2-3-14(19)9-15/h2-9H,10H2,1H3,(H,20,24). The fourth-order valence-electron chi connectivity index (χ4n) is 2.17. The molecule has 0 aliphatic rings. The van der Waals surface area contributed by atoms with Gasteiger partial charge >= 0.3 is 0 Å². The van der Waals surface area contributed by atoms with Crippen molar-refractivity contribution in [3.63, 3.8) is 0 Å². The summed E-state index contributed by atoms with van der Waals surface area (Å²) >= 11 is 11.8. The van der Waals surface area contributed by atoms with E-state index in [1.807, 2.05) is 18.2 Å². The summed E-state index contributed by atoms with van der Waals surface area (Å²) in [4.78, 5) is 13.7. The van der Waals surface area contributed by atoms with Crippen LogP contribution in [-0.2, 0) is 6.54 Å². The monoisotopic (exact) mass is 360 g/mol. The second-order valence-corrected chi connectivity index (χ2v) is 6.09. The molecule has 7 heteroatoms. The Kier molecular flexibility index (Phi) is 4.83. The third-order valence-corrected chi connectivity index (χ3v) is 3.89. The molecule has 1 aromatic heterocycles. The van der Waals surface area contributed by atoms with Crippen LogP contribution in [0.2, 0.25) is 10.0 Å². The van der Waals surface area contributed by atoms with Crippen LogP contribution in [0.3, 0.4) is 0 Å². The fourth-order valence-corrected chi connectivity index (χ4v) is 2.48. The van der Waals surface area contributed by atoms with Crippen LogP contribution in [0, 0.1) is 6.92 Å². The minimum atomic E-state index is -0.282. The summed E-state index contributed by atoms with van der Waals surface area (Å²) in [6, 6.07) is 14.4. The molecule has 0 radical (unpaired) electrons. The molecule has 5 nitrogen and oxygen atoms in total. The molecule has 122 valence electrons. The minimum Gasteiger partial charge on any atom is -0.347 e. The summed E-state index contributed by atoms with van der Waals surface area (Å²) in [6.45, 7) is 2.13. The molecule has 3 aromatic rings. The Labute approximate surface area is 149 Å². The number of nitrogens with one attached hydrogen (secondary N) is 1. The molecule has 3 rings (SSSR count). The van der Waals surface area contributed by atoms with E-state index in [2.05, 4.69) is 15.5 Å². The maximum Gasteiger partial charge on any atom is 0.274 e. The molecule has 1 N–H and O–H groups in total. The number of carbonyl (C=O) groups is 1. The van der Waals surface area contributed by atoms with E-state index in [4.69, 9.17) is 23.2 Å². The Bertz CT molecular complexity index is 875. The average molecular weight is 361 g/mol. The van der Waals surface area contributed by atoms with Crippen LogP contribution in [0.25, 0.3) is 5.69 Å². The lowest BCUT2D eigenvalue weighted by atomic mass is 10.2. The number of carbonyl (C=O) groups excluding carboxylic acids is 1. The van der Waals surface area contributed by atoms with Gasteiger partial charge in [-0.3, -0.25) is 4.79 Å². The van der Waals surface area contributed by atoms with Crippen molar-refractivity contribution in [3.8, 4) is 5.69 Å². The number of aryl methyl sites for hydroxylation is 1. The predicted molar refractivity (Wildman–Crippen MR) is 93.7 cm³/mol. The van der Waals surface area contributed by atoms with Gasteiger partial charge in [0.05, 0.1) is 11.4 Å². The van der Waals surface area contributed by atoms with Gasteiger partial charge in [-0.15, -0.1) is 5.10 Å². The largest absolute Gasteiger partial charge is 0.347 e. The second-order valence-electron chi connectivity index (χ2n) is 5.21. The van der Waals surface area contributed by atoms with Crippen LogP contribution in [0.15, 0.2) is 48.5 Å². The lowest BCUT2D eigenvalue weighted by Gasteiger charge is -2.04. The lowest BCUT2D eigenvalue weighted by molar-refractivity contribution is 0.0945. The van der Waals surface area contributed by atoms with Gasteiger partial charge in [-0.25, -0.2) is 0 Å². The predicted octanol–water partition coefficient (Wildman–Crippen LogP) is 3.81. The first-order valence-electron chi connectivity index (χ1n) is 7.25. The Morgan fingerprint density at radius 1 is 1.08 bits per heavy atom. The summed E-state index contributed by atoms with van der Waals surface area (Å²) in [7, 11) is 0. The molecule has 2 aromatic carbocycles. The van der Waals surface area contributed by atoms with Gasteiger partial charge in [0.1, 0.15) is 0 Å². The maximum absolute atomic E-state index is 12.3. The zero-order chi connectivity index (χ0) is 17.1. The van der Waals surface area contributed by atoms with Crippen LogP contribution in [0.5, 0.6) is 0 Å². The zero-order valence-electron chi connectivity index (χ0n) is 12.8. The van der Waals surface area contributed by atoms with E-state index in [1.165, 1.54) is 4.80 Å². The highest BCUT2D eigenvalue weighted by atomic mass is 35.5. The van der Waals surface area contributed by atoms with E-state index >= 15 is 0 Å². The van der Waals surface area contributed by atoms with Crippen LogP contribution >= 0.6 is 23.2 Å². The third-order valence-electron chi connectivity index (χ3n) is 3.40. The van der Waals surface area contributed by atoms with E-state index < -0.39 is 0 Å². The summed E-state index contributed by atoms with van der Waals surface area (Å²) in [5, 5.41) is 12.6. The van der Waals surface area contributed by atoms with Crippen molar-refractivity contribution in [2.75, 3.05) is 0 Å². The highest BCUT2D eigenvalue weighted by Crippen LogP contribution is 2.14. The van der Waals surface area contributed by atoms with Gasteiger partial charge in [-0.2, -0.15) is 9.90 Å². The van der Waals surface area contributed by atoms with Crippen LogP contribution in [-0.4, -0.2) is 20.9 Å². The quantitative estimate of drug-likeness (QED) is 0.769. The Morgan fingerprint density at radius 2 is 1.83 bits per heavy atom. The highest BCUT2D eigenvalue weighted by molar-refractivity contribution is 6.30. The molecule has 24 heavy (non-hydrogen) atoms. The molecule has 0 bridgehead atoms. The Morgan fingerprint density at radius 3 is 2.54 bits per heavy atom. The second kappa shape index (κ2) is 7.03. The van der Waals surface area contributed by atoms with Crippen molar-refractivity contribution in [1.82, 2.24) is 20.3 Å². The summed E-state index contributed by atoms with van der Waals surface area (Å²) in [5.74, 6) is -0.282. The molecule has 0 aliphatic carbocycles. The number of hydrogen-bond donors (Lipinski definition) is 1. The molecular formula is C17H14Cl2N4O. The molecule has 0 unspecified atom stereocenters. The molecule has 0 saturated heterocycles. The molecule has 0 saturated carbocycles. The van der Waals surface area contributed by atoms with Gasteiger partial charge in [0.25, 0.3) is 5.91 Å². The van der Waals surface area contributed by atoms with Crippen LogP contribution in [0.4, 0.5) is 0 Å². The fraction of sp³-hybridized carbons (Fsp3) is 0.118. The van der Waals surface area contributed by atoms with E-state index in [-0.39, 0.29) is 11.6 Å². The highest BCUT2D eigenvalue weighted by Gasteiger charge is 2.16. The zero-order valence-corrected chi connectivity index (χ0v) is 14.3. The number of nitrogens with zero attached hydrogens (tertiary/aromatic N) is 3. The van der Waals surface area contributed by atoms with Gasteiger partial charge in [-0.1, -0.05) is 41.4 Å². The van der Waals surface area contributed by atoms with Crippen molar-refractivity contribution in [2.24, 2.45) is 0 Å². The molecule has 0 fully saturated rings. The van der Waals surface area contributed by atoms with Crippen molar-refractivity contribution < 1.29 is 4.79 Å². The van der Waals surface area contributed by atoms with Crippen molar-refractivity contribution in [2.45, 2.75) is 13.5 Å². The van der Waals surface area contributed by atoms with Gasteiger partial charge in [0.15, 0.2) is 5.69 Å². The first-order valence-corrected chi connectivity index (χ1v) is 8.01. The van der Waals surface area contributed by atoms with Crippen LogP contribution < -0.4 is 5.32 Å². The molecule has 0 aliphatic heterocycles. The molecule has 1 amide bonds. The number of aromatic nitrogens is 3. The van der Waals surface area contributed by atoms with E-state index in [0.717, 1.165) is 5.56 Å². The average Bonchev–Trinajstić information content (AvgIpc) is 2.96. The van der Waals surface area contributed by atoms with E-state index in [0.29, 0.717) is 28.0 Å². The first kappa shape index (κ1) is 16.5. The summed E-state index contributed by atoms with van der Waals surface area (Å²) < 4.78 is 0. The summed E-state index contributed by atoms with van der Waals surface area (Å²) in [5.41, 5.74) is 2.47. The molecule has 0 spiro atoms. The molecule has 0 atom stereocenters. The van der Waals surface area contributed by atoms with Crippen molar-refractivity contribution in [3.05, 3.63) is 75.5 Å². The Balaban J connectivity index is 1.74. The smallest absolute Gasteiger partial charge is 0.274 e. The third kappa shape index (κ3) is 3.75. The lowest BCUT2D eigenvalue weighted by Crippen LogP contribution is -2.24. The van der Waals surface area contributed by atoms with Crippen molar-refractivity contribution >= 4 is 29.1 Å². The normalized spacial score (nSPS) is 10.6. The summed E-state index contributed by atoms with van der Waals surface area (Å²) in [6.07, 6.45) is 0. The minimum absolute atomic E-state index is 0.281. The molecule has 1 heterocycles. The van der Waals surface area contributed by atoms with Gasteiger partial charge in [0.2, 0.25) is 0 Å². The SMILES string of the molecule is Cc1nn(-c2cccc(Cl)c2)nc1C(=O)NCc1ccc(Cl)cc1.